The molecule has 0 rings (SSSR count). The van der Waals surface area contributed by atoms with Crippen molar-refractivity contribution in [3.63, 3.8) is 0 Å². The summed E-state index contributed by atoms with van der Waals surface area (Å²) < 4.78 is 10.2. The first-order chi connectivity index (χ1) is 13.4. The van der Waals surface area contributed by atoms with Crippen LogP contribution in [-0.4, -0.2) is 47.3 Å². The molecule has 0 aliphatic heterocycles. The van der Waals surface area contributed by atoms with Gasteiger partial charge in [-0.25, -0.2) is 0 Å². The van der Waals surface area contributed by atoms with Gasteiger partial charge >= 0.3 is 23.9 Å². The van der Waals surface area contributed by atoms with Crippen molar-refractivity contribution < 1.29 is 38.9 Å². The van der Waals surface area contributed by atoms with Crippen molar-refractivity contribution in [3.8, 4) is 0 Å². The highest BCUT2D eigenvalue weighted by molar-refractivity contribution is 5.70. The molecule has 0 aromatic rings. The van der Waals surface area contributed by atoms with Crippen molar-refractivity contribution in [2.24, 2.45) is 0 Å². The fraction of sp³-hybridized carbons (Fsp3) is 0.800. The summed E-state index contributed by atoms with van der Waals surface area (Å²) in [4.78, 5) is 43.5. The molecule has 0 amide bonds. The average Bonchev–Trinajstić information content (AvgIpc) is 2.63. The lowest BCUT2D eigenvalue weighted by atomic mass is 10.1. The Morgan fingerprint density at radius 1 is 0.464 bits per heavy atom. The van der Waals surface area contributed by atoms with E-state index in [0.29, 0.717) is 38.9 Å². The second-order valence-corrected chi connectivity index (χ2v) is 6.76. The monoisotopic (exact) mass is 402 g/mol. The molecule has 0 spiro atoms. The summed E-state index contributed by atoms with van der Waals surface area (Å²) in [6.45, 7) is 0.800. The molecule has 0 fully saturated rings. The van der Waals surface area contributed by atoms with E-state index in [1.807, 2.05) is 0 Å². The summed E-state index contributed by atoms with van der Waals surface area (Å²) in [5.74, 6) is -2.23. The fourth-order valence-electron chi connectivity index (χ4n) is 2.52. The Bertz CT molecular complexity index is 419. The van der Waals surface area contributed by atoms with Gasteiger partial charge in [0.1, 0.15) is 0 Å². The topological polar surface area (TPSA) is 127 Å². The first-order valence-corrected chi connectivity index (χ1v) is 10.2. The van der Waals surface area contributed by atoms with E-state index in [2.05, 4.69) is 0 Å². The highest BCUT2D eigenvalue weighted by Crippen LogP contribution is 2.08. The Hall–Kier alpha value is -2.12. The summed E-state index contributed by atoms with van der Waals surface area (Å²) in [5, 5.41) is 17.0. The molecule has 0 aromatic carbocycles. The van der Waals surface area contributed by atoms with Gasteiger partial charge in [-0.05, 0) is 38.5 Å². The Balaban J connectivity index is 3.28. The SMILES string of the molecule is O=C(O)CCCCC(=O)OCCCCCCCCOC(=O)CCCCC(=O)O. The standard InChI is InChI=1S/C20H34O8/c21-17(22)11-5-7-13-19(25)27-15-9-3-1-2-4-10-16-28-20(26)14-8-6-12-18(23)24/h1-16H2,(H,21,22)(H,23,24). The quantitative estimate of drug-likeness (QED) is 0.247. The van der Waals surface area contributed by atoms with Gasteiger partial charge in [-0.15, -0.1) is 0 Å². The number of hydrogen-bond donors (Lipinski definition) is 2. The van der Waals surface area contributed by atoms with E-state index in [4.69, 9.17) is 19.7 Å². The smallest absolute Gasteiger partial charge is 0.305 e. The minimum Gasteiger partial charge on any atom is -0.481 e. The molecule has 8 heteroatoms. The van der Waals surface area contributed by atoms with Crippen molar-refractivity contribution in [3.05, 3.63) is 0 Å². The molecule has 2 N–H and O–H groups in total. The van der Waals surface area contributed by atoms with Crippen LogP contribution < -0.4 is 0 Å². The van der Waals surface area contributed by atoms with Crippen LogP contribution in [0.1, 0.15) is 89.9 Å². The zero-order valence-electron chi connectivity index (χ0n) is 16.7. The van der Waals surface area contributed by atoms with Crippen LogP contribution in [0, 0.1) is 0 Å². The first-order valence-electron chi connectivity index (χ1n) is 10.2. The summed E-state index contributed by atoms with van der Waals surface area (Å²) in [6.07, 6.45) is 8.38. The molecule has 162 valence electrons. The highest BCUT2D eigenvalue weighted by atomic mass is 16.5. The van der Waals surface area contributed by atoms with Gasteiger partial charge in [-0.3, -0.25) is 19.2 Å². The minimum atomic E-state index is -0.848. The van der Waals surface area contributed by atoms with Crippen LogP contribution >= 0.6 is 0 Å². The normalized spacial score (nSPS) is 10.4. The third kappa shape index (κ3) is 20.2. The van der Waals surface area contributed by atoms with Crippen molar-refractivity contribution in [1.82, 2.24) is 0 Å². The van der Waals surface area contributed by atoms with Crippen molar-refractivity contribution in [1.29, 1.82) is 0 Å². The van der Waals surface area contributed by atoms with Gasteiger partial charge in [-0.2, -0.15) is 0 Å². The summed E-state index contributed by atoms with van der Waals surface area (Å²) in [5.41, 5.74) is 0. The molecule has 0 heterocycles. The molecular weight excluding hydrogens is 368 g/mol. The van der Waals surface area contributed by atoms with Crippen LogP contribution in [0.3, 0.4) is 0 Å². The van der Waals surface area contributed by atoms with Gasteiger partial charge in [0.2, 0.25) is 0 Å². The third-order valence-electron chi connectivity index (χ3n) is 4.11. The molecule has 0 radical (unpaired) electrons. The predicted molar refractivity (Wildman–Crippen MR) is 102 cm³/mol. The van der Waals surface area contributed by atoms with E-state index < -0.39 is 11.9 Å². The lowest BCUT2D eigenvalue weighted by molar-refractivity contribution is -0.145. The first kappa shape index (κ1) is 25.9. The zero-order valence-corrected chi connectivity index (χ0v) is 16.7. The van der Waals surface area contributed by atoms with Crippen molar-refractivity contribution in [2.45, 2.75) is 89.9 Å². The second-order valence-electron chi connectivity index (χ2n) is 6.76. The van der Waals surface area contributed by atoms with Gasteiger partial charge in [0, 0.05) is 25.7 Å². The summed E-state index contributed by atoms with van der Waals surface area (Å²) >= 11 is 0. The molecule has 0 aliphatic carbocycles. The Labute approximate surface area is 166 Å². The van der Waals surface area contributed by atoms with Crippen LogP contribution in [0.25, 0.3) is 0 Å². The van der Waals surface area contributed by atoms with Gasteiger partial charge in [0.15, 0.2) is 0 Å². The number of esters is 2. The molecule has 0 atom stereocenters. The fourth-order valence-corrected chi connectivity index (χ4v) is 2.52. The Morgan fingerprint density at radius 3 is 1.14 bits per heavy atom. The maximum Gasteiger partial charge on any atom is 0.305 e. The molecule has 0 aliphatic rings. The predicted octanol–water partition coefficient (Wildman–Crippen LogP) is 3.70. The number of rotatable bonds is 19. The largest absolute Gasteiger partial charge is 0.481 e. The number of ether oxygens (including phenoxy) is 2. The Morgan fingerprint density at radius 2 is 0.786 bits per heavy atom. The number of hydrogen-bond acceptors (Lipinski definition) is 6. The van der Waals surface area contributed by atoms with E-state index in [9.17, 15) is 19.2 Å². The van der Waals surface area contributed by atoms with E-state index >= 15 is 0 Å². The molecule has 0 saturated carbocycles. The van der Waals surface area contributed by atoms with Crippen LogP contribution in [-0.2, 0) is 28.7 Å². The number of unbranched alkanes of at least 4 members (excludes halogenated alkanes) is 7. The van der Waals surface area contributed by atoms with E-state index in [1.165, 1.54) is 0 Å². The van der Waals surface area contributed by atoms with E-state index in [-0.39, 0.29) is 37.6 Å². The Kier molecular flexibility index (Phi) is 16.9. The zero-order chi connectivity index (χ0) is 21.0. The third-order valence-corrected chi connectivity index (χ3v) is 4.11. The molecule has 0 unspecified atom stereocenters. The maximum absolute atomic E-state index is 11.4. The van der Waals surface area contributed by atoms with Crippen LogP contribution in [0.15, 0.2) is 0 Å². The summed E-state index contributed by atoms with van der Waals surface area (Å²) in [7, 11) is 0. The number of carbonyl (C=O) groups excluding carboxylic acids is 2. The summed E-state index contributed by atoms with van der Waals surface area (Å²) in [6, 6.07) is 0. The molecule has 8 nitrogen and oxygen atoms in total. The molecule has 0 aromatic heterocycles. The number of aliphatic carboxylic acids is 2. The lowest BCUT2D eigenvalue weighted by Gasteiger charge is -2.06. The average molecular weight is 402 g/mol. The minimum absolute atomic E-state index is 0.0826. The second kappa shape index (κ2) is 18.3. The lowest BCUT2D eigenvalue weighted by Crippen LogP contribution is -2.06. The van der Waals surface area contributed by atoms with Crippen LogP contribution in [0.4, 0.5) is 0 Å². The molecule has 0 saturated heterocycles. The van der Waals surface area contributed by atoms with Crippen molar-refractivity contribution >= 4 is 23.9 Å². The number of carboxylic acids is 2. The van der Waals surface area contributed by atoms with E-state index in [0.717, 1.165) is 38.5 Å². The number of carbonyl (C=O) groups is 4. The maximum atomic E-state index is 11.4. The molecule has 0 bridgehead atoms. The van der Waals surface area contributed by atoms with Crippen LogP contribution in [0.5, 0.6) is 0 Å². The van der Waals surface area contributed by atoms with Crippen molar-refractivity contribution in [2.75, 3.05) is 13.2 Å². The molecule has 28 heavy (non-hydrogen) atoms. The van der Waals surface area contributed by atoms with Gasteiger partial charge < -0.3 is 19.7 Å². The van der Waals surface area contributed by atoms with E-state index in [1.54, 1.807) is 0 Å². The highest BCUT2D eigenvalue weighted by Gasteiger charge is 2.05. The van der Waals surface area contributed by atoms with Gasteiger partial charge in [0.05, 0.1) is 13.2 Å². The number of carboxylic acid groups (broad SMARTS) is 2. The van der Waals surface area contributed by atoms with Crippen LogP contribution in [0.2, 0.25) is 0 Å². The van der Waals surface area contributed by atoms with Gasteiger partial charge in [-0.1, -0.05) is 25.7 Å². The molecular formula is C20H34O8. The van der Waals surface area contributed by atoms with Gasteiger partial charge in [0.25, 0.3) is 0 Å².